The van der Waals surface area contributed by atoms with Crippen molar-refractivity contribution >= 4 is 29.4 Å². The van der Waals surface area contributed by atoms with Crippen LogP contribution in [0.2, 0.25) is 5.15 Å². The fourth-order valence-corrected chi connectivity index (χ4v) is 3.38. The second kappa shape index (κ2) is 8.21. The number of aromatic nitrogens is 1. The molecule has 2 aliphatic heterocycles. The third-order valence-corrected chi connectivity index (χ3v) is 4.84. The molecule has 0 aromatic carbocycles. The third-order valence-electron chi connectivity index (χ3n) is 4.64. The molecule has 0 unspecified atom stereocenters. The number of rotatable bonds is 4. The number of nitrogens with zero attached hydrogens (tertiary/aromatic N) is 4. The first kappa shape index (κ1) is 19.5. The fourth-order valence-electron chi connectivity index (χ4n) is 3.16. The summed E-state index contributed by atoms with van der Waals surface area (Å²) in [6.07, 6.45) is 3.25. The smallest absolute Gasteiger partial charge is 0.246 e. The normalized spacial score (nSPS) is 23.8. The molecule has 27 heavy (non-hydrogen) atoms. The van der Waals surface area contributed by atoms with E-state index in [2.05, 4.69) is 16.6 Å². The van der Waals surface area contributed by atoms with Crippen LogP contribution in [0.3, 0.4) is 0 Å². The summed E-state index contributed by atoms with van der Waals surface area (Å²) in [5, 5.41) is 10.3. The molecule has 8 heteroatoms. The highest BCUT2D eigenvalue weighted by atomic mass is 35.5. The average Bonchev–Trinajstić information content (AvgIpc) is 2.66. The second-order valence-corrected chi connectivity index (χ2v) is 7.07. The van der Waals surface area contributed by atoms with Crippen LogP contribution in [0.15, 0.2) is 35.9 Å². The molecule has 1 amide bonds. The van der Waals surface area contributed by atoms with Crippen LogP contribution in [0.4, 0.5) is 0 Å². The number of hydrogen-bond acceptors (Lipinski definition) is 6. The van der Waals surface area contributed by atoms with E-state index in [1.165, 1.54) is 6.08 Å². The first-order valence-electron chi connectivity index (χ1n) is 8.73. The number of aliphatic imine (C=N–C) groups is 1. The maximum atomic E-state index is 12.1. The van der Waals surface area contributed by atoms with Gasteiger partial charge in [-0.25, -0.2) is 4.98 Å². The minimum Gasteiger partial charge on any atom is -0.391 e. The lowest BCUT2D eigenvalue weighted by Gasteiger charge is -2.39. The van der Waals surface area contributed by atoms with E-state index in [0.717, 1.165) is 11.3 Å². The number of carbonyl (C=O) groups excluding carboxylic acids is 1. The minimum atomic E-state index is -0.715. The molecule has 0 radical (unpaired) electrons. The van der Waals surface area contributed by atoms with Gasteiger partial charge in [0.15, 0.2) is 0 Å². The topological polar surface area (TPSA) is 78.3 Å². The predicted molar refractivity (Wildman–Crippen MR) is 104 cm³/mol. The van der Waals surface area contributed by atoms with Crippen molar-refractivity contribution in [2.45, 2.75) is 25.2 Å². The molecular formula is C19H23ClN4O3. The first-order chi connectivity index (χ1) is 12.9. The molecule has 0 bridgehead atoms. The van der Waals surface area contributed by atoms with Crippen LogP contribution in [0.1, 0.15) is 24.3 Å². The number of ether oxygens (including phenoxy) is 1. The zero-order valence-corrected chi connectivity index (χ0v) is 16.1. The van der Waals surface area contributed by atoms with E-state index in [4.69, 9.17) is 16.3 Å². The fraction of sp³-hybridized carbons (Fsp3) is 0.421. The Morgan fingerprint density at radius 1 is 1.48 bits per heavy atom. The predicted octanol–water partition coefficient (Wildman–Crippen LogP) is 1.88. The Balaban J connectivity index is 1.94. The number of hydrogen-bond donors (Lipinski definition) is 1. The summed E-state index contributed by atoms with van der Waals surface area (Å²) in [5.74, 6) is -0.194. The molecule has 1 saturated heterocycles. The molecule has 1 fully saturated rings. The van der Waals surface area contributed by atoms with E-state index in [1.807, 2.05) is 24.1 Å². The summed E-state index contributed by atoms with van der Waals surface area (Å²) in [7, 11) is 1.93. The Morgan fingerprint density at radius 3 is 2.93 bits per heavy atom. The molecule has 3 heterocycles. The van der Waals surface area contributed by atoms with Gasteiger partial charge in [0, 0.05) is 19.8 Å². The molecule has 0 spiro atoms. The quantitative estimate of drug-likeness (QED) is 0.627. The standard InChI is InChI=1S/C19H23ClN4O3/c1-4-19(26)24-9-16(12(2)25)27-17(10-24)13-7-14(22-18(20)8-13)15-5-6-21-11-23(15)3/h4-8,12,16-17,25H,1,9-11H2,2-3H3/t12-,16+,17+/m1/s1. The van der Waals surface area contributed by atoms with Gasteiger partial charge in [-0.05, 0) is 36.8 Å². The van der Waals surface area contributed by atoms with Crippen molar-refractivity contribution in [3.8, 4) is 0 Å². The van der Waals surface area contributed by atoms with Gasteiger partial charge >= 0.3 is 0 Å². The summed E-state index contributed by atoms with van der Waals surface area (Å²) in [5.41, 5.74) is 2.40. The van der Waals surface area contributed by atoms with E-state index in [1.54, 1.807) is 24.1 Å². The third kappa shape index (κ3) is 4.37. The summed E-state index contributed by atoms with van der Waals surface area (Å²) < 4.78 is 6.06. The lowest BCUT2D eigenvalue weighted by Crippen LogP contribution is -2.50. The Kier molecular flexibility index (Phi) is 5.94. The molecule has 3 atom stereocenters. The van der Waals surface area contributed by atoms with Gasteiger partial charge in [-0.1, -0.05) is 18.2 Å². The Morgan fingerprint density at radius 2 is 2.26 bits per heavy atom. The van der Waals surface area contributed by atoms with Crippen LogP contribution in [0.5, 0.6) is 0 Å². The lowest BCUT2D eigenvalue weighted by molar-refractivity contribution is -0.152. The SMILES string of the molecule is C=CC(=O)N1C[C@@H](c2cc(Cl)nc(C3=CC=NCN3C)c2)O[C@H]([C@@H](C)O)C1. The number of aliphatic hydroxyl groups is 1. The van der Waals surface area contributed by atoms with Gasteiger partial charge in [0.1, 0.15) is 24.0 Å². The van der Waals surface area contributed by atoms with Crippen LogP contribution >= 0.6 is 11.6 Å². The summed E-state index contributed by atoms with van der Waals surface area (Å²) in [6.45, 7) is 6.41. The highest BCUT2D eigenvalue weighted by Crippen LogP contribution is 2.30. The molecule has 1 aromatic heterocycles. The number of carbonyl (C=O) groups is 1. The molecule has 0 aliphatic carbocycles. The van der Waals surface area contributed by atoms with Crippen molar-refractivity contribution in [3.05, 3.63) is 47.3 Å². The van der Waals surface area contributed by atoms with Crippen molar-refractivity contribution < 1.29 is 14.6 Å². The summed E-state index contributed by atoms with van der Waals surface area (Å²) in [6, 6.07) is 3.63. The van der Waals surface area contributed by atoms with Crippen molar-refractivity contribution in [1.29, 1.82) is 0 Å². The van der Waals surface area contributed by atoms with E-state index in [9.17, 15) is 9.90 Å². The van der Waals surface area contributed by atoms with Gasteiger partial charge in [0.05, 0.1) is 24.0 Å². The van der Waals surface area contributed by atoms with E-state index in [0.29, 0.717) is 30.6 Å². The van der Waals surface area contributed by atoms with Gasteiger partial charge in [0.2, 0.25) is 5.91 Å². The monoisotopic (exact) mass is 390 g/mol. The van der Waals surface area contributed by atoms with Crippen LogP contribution in [0, 0.1) is 0 Å². The lowest BCUT2D eigenvalue weighted by atomic mass is 10.0. The number of morpholine rings is 1. The number of halogens is 1. The first-order valence-corrected chi connectivity index (χ1v) is 9.10. The molecule has 144 valence electrons. The molecule has 1 N–H and O–H groups in total. The minimum absolute atomic E-state index is 0.194. The summed E-state index contributed by atoms with van der Waals surface area (Å²) >= 11 is 6.27. The van der Waals surface area contributed by atoms with E-state index >= 15 is 0 Å². The second-order valence-electron chi connectivity index (χ2n) is 6.68. The van der Waals surface area contributed by atoms with Crippen LogP contribution in [-0.4, -0.2) is 71.0 Å². The van der Waals surface area contributed by atoms with Crippen LogP contribution < -0.4 is 0 Å². The Labute approximate surface area is 163 Å². The number of amides is 1. The molecule has 2 aliphatic rings. The van der Waals surface area contributed by atoms with Crippen molar-refractivity contribution in [2.24, 2.45) is 4.99 Å². The largest absolute Gasteiger partial charge is 0.391 e. The van der Waals surface area contributed by atoms with Crippen LogP contribution in [-0.2, 0) is 9.53 Å². The van der Waals surface area contributed by atoms with Crippen molar-refractivity contribution in [1.82, 2.24) is 14.8 Å². The Hall–Kier alpha value is -2.22. The zero-order valence-electron chi connectivity index (χ0n) is 15.4. The van der Waals surface area contributed by atoms with Gasteiger partial charge < -0.3 is 19.6 Å². The van der Waals surface area contributed by atoms with Gasteiger partial charge in [-0.2, -0.15) is 0 Å². The number of aliphatic hydroxyl groups excluding tert-OH is 1. The number of pyridine rings is 1. The van der Waals surface area contributed by atoms with Gasteiger partial charge in [-0.15, -0.1) is 0 Å². The average molecular weight is 391 g/mol. The molecule has 7 nitrogen and oxygen atoms in total. The summed E-state index contributed by atoms with van der Waals surface area (Å²) in [4.78, 5) is 24.4. The van der Waals surface area contributed by atoms with Crippen LogP contribution in [0.25, 0.3) is 5.70 Å². The van der Waals surface area contributed by atoms with Gasteiger partial charge in [-0.3, -0.25) is 9.79 Å². The maximum absolute atomic E-state index is 12.1. The zero-order chi connectivity index (χ0) is 19.6. The highest BCUT2D eigenvalue weighted by molar-refractivity contribution is 6.29. The highest BCUT2D eigenvalue weighted by Gasteiger charge is 2.33. The van der Waals surface area contributed by atoms with Crippen molar-refractivity contribution in [2.75, 3.05) is 26.8 Å². The number of allylic oxidation sites excluding steroid dienone is 1. The maximum Gasteiger partial charge on any atom is 0.246 e. The van der Waals surface area contributed by atoms with Gasteiger partial charge in [0.25, 0.3) is 0 Å². The Bertz CT molecular complexity index is 793. The molecule has 0 saturated carbocycles. The van der Waals surface area contributed by atoms with E-state index in [-0.39, 0.29) is 5.91 Å². The van der Waals surface area contributed by atoms with Crippen molar-refractivity contribution in [3.63, 3.8) is 0 Å². The molecule has 3 rings (SSSR count). The molecular weight excluding hydrogens is 368 g/mol. The molecule has 1 aromatic rings. The van der Waals surface area contributed by atoms with E-state index < -0.39 is 18.3 Å².